The van der Waals surface area contributed by atoms with Crippen LogP contribution in [-0.2, 0) is 0 Å². The SMILES string of the molecule is [CH2-]N1C(=O)c2ccccc2OC1(C)C. The van der Waals surface area contributed by atoms with Gasteiger partial charge in [-0.15, -0.1) is 0 Å². The van der Waals surface area contributed by atoms with E-state index in [-0.39, 0.29) is 5.91 Å². The number of benzene rings is 1. The third-order valence-corrected chi connectivity index (χ3v) is 2.37. The van der Waals surface area contributed by atoms with Crippen molar-refractivity contribution < 1.29 is 9.53 Å². The van der Waals surface area contributed by atoms with Crippen LogP contribution in [0.2, 0.25) is 0 Å². The molecule has 0 N–H and O–H groups in total. The van der Waals surface area contributed by atoms with Gasteiger partial charge in [-0.1, -0.05) is 12.1 Å². The first-order valence-corrected chi connectivity index (χ1v) is 4.45. The number of para-hydroxylation sites is 1. The van der Waals surface area contributed by atoms with E-state index in [1.54, 1.807) is 12.1 Å². The summed E-state index contributed by atoms with van der Waals surface area (Å²) >= 11 is 0. The number of carbonyl (C=O) groups excluding carboxylic acids is 1. The van der Waals surface area contributed by atoms with Crippen LogP contribution in [-0.4, -0.2) is 16.5 Å². The third-order valence-electron chi connectivity index (χ3n) is 2.37. The van der Waals surface area contributed by atoms with Crippen LogP contribution in [0, 0.1) is 7.05 Å². The molecule has 0 bridgehead atoms. The van der Waals surface area contributed by atoms with Crippen molar-refractivity contribution in [2.24, 2.45) is 0 Å². The van der Waals surface area contributed by atoms with E-state index >= 15 is 0 Å². The zero-order chi connectivity index (χ0) is 10.3. The highest BCUT2D eigenvalue weighted by molar-refractivity contribution is 5.98. The van der Waals surface area contributed by atoms with Gasteiger partial charge in [-0.05, 0) is 26.0 Å². The molecule has 0 atom stereocenters. The number of carbonyl (C=O) groups is 1. The molecule has 1 aliphatic rings. The summed E-state index contributed by atoms with van der Waals surface area (Å²) in [6.07, 6.45) is 0. The molecule has 3 heteroatoms. The topological polar surface area (TPSA) is 29.5 Å². The predicted octanol–water partition coefficient (Wildman–Crippen LogP) is 2.05. The van der Waals surface area contributed by atoms with Crippen molar-refractivity contribution in [1.82, 2.24) is 4.90 Å². The molecule has 0 aromatic heterocycles. The van der Waals surface area contributed by atoms with Gasteiger partial charge in [0.15, 0.2) is 5.72 Å². The fraction of sp³-hybridized carbons (Fsp3) is 0.273. The van der Waals surface area contributed by atoms with Crippen molar-refractivity contribution in [2.45, 2.75) is 19.6 Å². The lowest BCUT2D eigenvalue weighted by Gasteiger charge is -2.46. The first-order chi connectivity index (χ1) is 6.52. The van der Waals surface area contributed by atoms with Crippen molar-refractivity contribution in [3.05, 3.63) is 36.9 Å². The van der Waals surface area contributed by atoms with Crippen molar-refractivity contribution in [3.63, 3.8) is 0 Å². The average molecular weight is 190 g/mol. The molecule has 1 aromatic rings. The highest BCUT2D eigenvalue weighted by Crippen LogP contribution is 2.32. The van der Waals surface area contributed by atoms with Gasteiger partial charge in [0.1, 0.15) is 5.75 Å². The number of amides is 1. The standard InChI is InChI=1S/C11H12NO2/c1-11(2)12(3)10(13)8-6-4-5-7-9(8)14-11/h4-7H,3H2,1-2H3/q-1. The highest BCUT2D eigenvalue weighted by atomic mass is 16.5. The molecule has 0 spiro atoms. The van der Waals surface area contributed by atoms with Gasteiger partial charge < -0.3 is 9.64 Å². The molecule has 0 radical (unpaired) electrons. The van der Waals surface area contributed by atoms with E-state index in [0.29, 0.717) is 11.3 Å². The van der Waals surface area contributed by atoms with Crippen LogP contribution in [0.5, 0.6) is 5.75 Å². The maximum Gasteiger partial charge on any atom is 0.231 e. The molecule has 1 amide bonds. The summed E-state index contributed by atoms with van der Waals surface area (Å²) in [5.41, 5.74) is -0.104. The summed E-state index contributed by atoms with van der Waals surface area (Å²) in [5.74, 6) is 0.527. The second kappa shape index (κ2) is 2.74. The number of ether oxygens (including phenoxy) is 1. The Balaban J connectivity index is 2.54. The summed E-state index contributed by atoms with van der Waals surface area (Å²) < 4.78 is 5.64. The summed E-state index contributed by atoms with van der Waals surface area (Å²) in [6, 6.07) is 7.19. The molecule has 1 aliphatic heterocycles. The first kappa shape index (κ1) is 9.06. The van der Waals surface area contributed by atoms with Crippen LogP contribution in [0.15, 0.2) is 24.3 Å². The van der Waals surface area contributed by atoms with E-state index in [2.05, 4.69) is 7.05 Å². The Kier molecular flexibility index (Phi) is 1.77. The van der Waals surface area contributed by atoms with Crippen LogP contribution in [0.25, 0.3) is 0 Å². The Morgan fingerprint density at radius 1 is 1.36 bits per heavy atom. The van der Waals surface area contributed by atoms with E-state index < -0.39 is 5.72 Å². The summed E-state index contributed by atoms with van der Waals surface area (Å²) in [7, 11) is 3.69. The molecule has 0 saturated heterocycles. The monoisotopic (exact) mass is 190 g/mol. The van der Waals surface area contributed by atoms with Gasteiger partial charge in [0.25, 0.3) is 0 Å². The minimum atomic E-state index is -0.675. The molecule has 3 nitrogen and oxygen atoms in total. The lowest BCUT2D eigenvalue weighted by atomic mass is 10.1. The van der Waals surface area contributed by atoms with Crippen LogP contribution in [0.3, 0.4) is 0 Å². The lowest BCUT2D eigenvalue weighted by Crippen LogP contribution is -2.51. The Morgan fingerprint density at radius 2 is 2.00 bits per heavy atom. The summed E-state index contributed by atoms with van der Waals surface area (Å²) in [5, 5.41) is 0. The molecular formula is C11H12NO2-. The molecule has 1 aromatic carbocycles. The smallest absolute Gasteiger partial charge is 0.231 e. The molecule has 0 aliphatic carbocycles. The fourth-order valence-electron chi connectivity index (χ4n) is 1.45. The molecule has 1 heterocycles. The average Bonchev–Trinajstić information content (AvgIpc) is 2.14. The van der Waals surface area contributed by atoms with E-state index in [9.17, 15) is 4.79 Å². The molecule has 2 rings (SSSR count). The van der Waals surface area contributed by atoms with Gasteiger partial charge in [-0.2, -0.15) is 0 Å². The van der Waals surface area contributed by atoms with Crippen LogP contribution in [0.1, 0.15) is 24.2 Å². The van der Waals surface area contributed by atoms with Crippen LogP contribution in [0.4, 0.5) is 0 Å². The second-order valence-electron chi connectivity index (χ2n) is 3.78. The van der Waals surface area contributed by atoms with Crippen molar-refractivity contribution in [3.8, 4) is 5.75 Å². The zero-order valence-corrected chi connectivity index (χ0v) is 8.28. The largest absolute Gasteiger partial charge is 0.470 e. The predicted molar refractivity (Wildman–Crippen MR) is 52.7 cm³/mol. The van der Waals surface area contributed by atoms with Gasteiger partial charge in [0.2, 0.25) is 5.91 Å². The number of nitrogens with zero attached hydrogens (tertiary/aromatic N) is 1. The fourth-order valence-corrected chi connectivity index (χ4v) is 1.45. The quantitative estimate of drug-likeness (QED) is 0.586. The molecule has 0 unspecified atom stereocenters. The van der Waals surface area contributed by atoms with Gasteiger partial charge >= 0.3 is 0 Å². The van der Waals surface area contributed by atoms with Gasteiger partial charge in [0.05, 0.1) is 5.56 Å². The maximum atomic E-state index is 11.8. The Hall–Kier alpha value is -1.51. The van der Waals surface area contributed by atoms with Gasteiger partial charge in [-0.25, -0.2) is 7.05 Å². The van der Waals surface area contributed by atoms with E-state index in [0.717, 1.165) is 0 Å². The minimum absolute atomic E-state index is 0.100. The summed E-state index contributed by atoms with van der Waals surface area (Å²) in [6.45, 7) is 3.63. The highest BCUT2D eigenvalue weighted by Gasteiger charge is 2.32. The molecular weight excluding hydrogens is 178 g/mol. The van der Waals surface area contributed by atoms with Crippen molar-refractivity contribution >= 4 is 5.91 Å². The molecule has 0 saturated carbocycles. The normalized spacial score (nSPS) is 18.8. The first-order valence-electron chi connectivity index (χ1n) is 4.45. The lowest BCUT2D eigenvalue weighted by molar-refractivity contribution is -0.0276. The molecule has 14 heavy (non-hydrogen) atoms. The number of hydrogen-bond donors (Lipinski definition) is 0. The van der Waals surface area contributed by atoms with Crippen LogP contribution >= 0.6 is 0 Å². The van der Waals surface area contributed by atoms with Crippen molar-refractivity contribution in [2.75, 3.05) is 0 Å². The van der Waals surface area contributed by atoms with Crippen LogP contribution < -0.4 is 4.74 Å². The Morgan fingerprint density at radius 3 is 2.71 bits per heavy atom. The van der Waals surface area contributed by atoms with Crippen molar-refractivity contribution in [1.29, 1.82) is 0 Å². The van der Waals surface area contributed by atoms with Gasteiger partial charge in [0, 0.05) is 0 Å². The molecule has 74 valence electrons. The second-order valence-corrected chi connectivity index (χ2v) is 3.78. The molecule has 0 fully saturated rings. The number of fused-ring (bicyclic) bond motifs is 1. The third kappa shape index (κ3) is 1.16. The maximum absolute atomic E-state index is 11.8. The zero-order valence-electron chi connectivity index (χ0n) is 8.28. The number of hydrogen-bond acceptors (Lipinski definition) is 2. The van der Waals surface area contributed by atoms with Gasteiger partial charge in [-0.3, -0.25) is 4.79 Å². The Labute approximate surface area is 83.3 Å². The minimum Gasteiger partial charge on any atom is -0.470 e. The Bertz CT molecular complexity index is 385. The van der Waals surface area contributed by atoms with E-state index in [1.807, 2.05) is 26.0 Å². The summed E-state index contributed by atoms with van der Waals surface area (Å²) in [4.78, 5) is 13.2. The number of rotatable bonds is 0. The van der Waals surface area contributed by atoms with E-state index in [4.69, 9.17) is 4.74 Å². The van der Waals surface area contributed by atoms with E-state index in [1.165, 1.54) is 4.90 Å².